The van der Waals surface area contributed by atoms with Crippen LogP contribution in [0.4, 0.5) is 4.79 Å². The molecule has 2 N–H and O–H groups in total. The van der Waals surface area contributed by atoms with Crippen LogP contribution in [0.25, 0.3) is 6.08 Å². The third kappa shape index (κ3) is 11.4. The summed E-state index contributed by atoms with van der Waals surface area (Å²) in [7, 11) is 1.23. The highest BCUT2D eigenvalue weighted by molar-refractivity contribution is 5.92. The Morgan fingerprint density at radius 2 is 1.75 bits per heavy atom. The minimum Gasteiger partial charge on any atom is -0.468 e. The molecule has 3 amide bonds. The highest BCUT2D eigenvalue weighted by Gasteiger charge is 2.32. The van der Waals surface area contributed by atoms with E-state index in [0.717, 1.165) is 31.2 Å². The van der Waals surface area contributed by atoms with E-state index in [1.54, 1.807) is 45.0 Å². The van der Waals surface area contributed by atoms with Crippen LogP contribution in [0, 0.1) is 0 Å². The van der Waals surface area contributed by atoms with Crippen molar-refractivity contribution in [3.05, 3.63) is 42.0 Å². The molecular formula is C27H41N3O6. The SMILES string of the molecule is C=Cc1cccc(C(C(=O)NCC(=O)OC)N(CCCCCCC)C(=O)CNC(=O)OC(C)(C)C)c1. The second-order valence-electron chi connectivity index (χ2n) is 9.43. The van der Waals surface area contributed by atoms with Crippen LogP contribution in [0.15, 0.2) is 30.8 Å². The van der Waals surface area contributed by atoms with Gasteiger partial charge in [0.25, 0.3) is 0 Å². The van der Waals surface area contributed by atoms with Crippen molar-refractivity contribution in [1.82, 2.24) is 15.5 Å². The first-order valence-corrected chi connectivity index (χ1v) is 12.4. The van der Waals surface area contributed by atoms with Gasteiger partial charge in [-0.2, -0.15) is 0 Å². The van der Waals surface area contributed by atoms with Gasteiger partial charge in [-0.05, 0) is 44.4 Å². The van der Waals surface area contributed by atoms with Crippen LogP contribution < -0.4 is 10.6 Å². The number of nitrogens with zero attached hydrogens (tertiary/aromatic N) is 1. The van der Waals surface area contributed by atoms with Gasteiger partial charge in [0.1, 0.15) is 24.7 Å². The van der Waals surface area contributed by atoms with E-state index < -0.39 is 35.5 Å². The van der Waals surface area contributed by atoms with Crippen molar-refractivity contribution in [2.24, 2.45) is 0 Å². The lowest BCUT2D eigenvalue weighted by Gasteiger charge is -2.32. The van der Waals surface area contributed by atoms with Crippen LogP contribution in [-0.4, -0.2) is 61.1 Å². The number of hydrogen-bond donors (Lipinski definition) is 2. The maximum atomic E-state index is 13.4. The van der Waals surface area contributed by atoms with E-state index in [9.17, 15) is 19.2 Å². The third-order valence-electron chi connectivity index (χ3n) is 5.26. The first kappa shape index (κ1) is 30.7. The standard InChI is InChI=1S/C27H41N3O6/c1-7-9-10-11-12-16-30(22(31)18-29-26(34)36-27(3,4)5)24(25(33)28-19-23(32)35-6)21-15-13-14-20(8-2)17-21/h8,13-15,17,24H,2,7,9-12,16,18-19H2,1,3-6H3,(H,28,33)(H,29,34). The first-order chi connectivity index (χ1) is 17.0. The molecule has 0 aliphatic carbocycles. The van der Waals surface area contributed by atoms with Crippen LogP contribution >= 0.6 is 0 Å². The summed E-state index contributed by atoms with van der Waals surface area (Å²) in [5, 5.41) is 5.05. The number of carbonyl (C=O) groups excluding carboxylic acids is 4. The van der Waals surface area contributed by atoms with Crippen molar-refractivity contribution in [2.75, 3.05) is 26.7 Å². The van der Waals surface area contributed by atoms with Crippen molar-refractivity contribution >= 4 is 30.0 Å². The quantitative estimate of drug-likeness (QED) is 0.293. The molecule has 0 aliphatic heterocycles. The number of hydrogen-bond acceptors (Lipinski definition) is 6. The molecule has 1 rings (SSSR count). The Hall–Kier alpha value is -3.36. The topological polar surface area (TPSA) is 114 Å². The normalized spacial score (nSPS) is 11.7. The molecule has 36 heavy (non-hydrogen) atoms. The van der Waals surface area contributed by atoms with Gasteiger partial charge in [0.2, 0.25) is 11.8 Å². The molecule has 9 nitrogen and oxygen atoms in total. The van der Waals surface area contributed by atoms with Crippen LogP contribution in [0.3, 0.4) is 0 Å². The number of amides is 3. The fourth-order valence-electron chi connectivity index (χ4n) is 3.50. The molecule has 1 atom stereocenters. The van der Waals surface area contributed by atoms with Crippen molar-refractivity contribution in [2.45, 2.75) is 71.4 Å². The maximum absolute atomic E-state index is 13.4. The number of carbonyl (C=O) groups is 4. The number of esters is 1. The predicted molar refractivity (Wildman–Crippen MR) is 139 cm³/mol. The number of ether oxygens (including phenoxy) is 2. The van der Waals surface area contributed by atoms with E-state index in [0.29, 0.717) is 18.5 Å². The van der Waals surface area contributed by atoms with Gasteiger partial charge < -0.3 is 25.0 Å². The number of unbranched alkanes of at least 4 members (excludes halogenated alkanes) is 4. The Bertz CT molecular complexity index is 894. The smallest absolute Gasteiger partial charge is 0.408 e. The van der Waals surface area contributed by atoms with E-state index >= 15 is 0 Å². The summed E-state index contributed by atoms with van der Waals surface area (Å²) in [6.07, 6.45) is 5.67. The molecule has 200 valence electrons. The summed E-state index contributed by atoms with van der Waals surface area (Å²) in [6, 6.07) is 6.10. The lowest BCUT2D eigenvalue weighted by molar-refractivity contribution is -0.143. The fraction of sp³-hybridized carbons (Fsp3) is 0.556. The second kappa shape index (κ2) is 15.6. The number of benzene rings is 1. The van der Waals surface area contributed by atoms with Crippen molar-refractivity contribution in [3.63, 3.8) is 0 Å². The second-order valence-corrected chi connectivity index (χ2v) is 9.43. The Balaban J connectivity index is 3.24. The molecule has 1 aromatic carbocycles. The summed E-state index contributed by atoms with van der Waals surface area (Å²) in [6.45, 7) is 10.7. The van der Waals surface area contributed by atoms with Crippen molar-refractivity contribution < 1.29 is 28.7 Å². The number of alkyl carbamates (subject to hydrolysis) is 1. The Morgan fingerprint density at radius 1 is 1.06 bits per heavy atom. The van der Waals surface area contributed by atoms with Gasteiger partial charge in [-0.25, -0.2) is 4.79 Å². The third-order valence-corrected chi connectivity index (χ3v) is 5.26. The van der Waals surface area contributed by atoms with Gasteiger partial charge in [0, 0.05) is 6.54 Å². The lowest BCUT2D eigenvalue weighted by atomic mass is 10.0. The van der Waals surface area contributed by atoms with Gasteiger partial charge >= 0.3 is 12.1 Å². The minimum absolute atomic E-state index is 0.299. The predicted octanol–water partition coefficient (Wildman–Crippen LogP) is 3.98. The van der Waals surface area contributed by atoms with Crippen LogP contribution in [0.1, 0.15) is 77.0 Å². The summed E-state index contributed by atoms with van der Waals surface area (Å²) in [4.78, 5) is 51.9. The molecule has 0 radical (unpaired) electrons. The highest BCUT2D eigenvalue weighted by Crippen LogP contribution is 2.24. The summed E-state index contributed by atoms with van der Waals surface area (Å²) in [5.74, 6) is -1.58. The average Bonchev–Trinajstić information content (AvgIpc) is 2.83. The Kier molecular flexibility index (Phi) is 13.3. The molecule has 0 saturated heterocycles. The largest absolute Gasteiger partial charge is 0.468 e. The molecule has 0 fully saturated rings. The van der Waals surface area contributed by atoms with Gasteiger partial charge in [-0.1, -0.05) is 63.5 Å². The van der Waals surface area contributed by atoms with E-state index in [-0.39, 0.29) is 13.1 Å². The molecule has 0 spiro atoms. The minimum atomic E-state index is -1.02. The first-order valence-electron chi connectivity index (χ1n) is 12.4. The summed E-state index contributed by atoms with van der Waals surface area (Å²) in [5.41, 5.74) is 0.627. The number of rotatable bonds is 14. The summed E-state index contributed by atoms with van der Waals surface area (Å²) < 4.78 is 9.86. The fourth-order valence-corrected chi connectivity index (χ4v) is 3.50. The van der Waals surface area contributed by atoms with Crippen LogP contribution in [-0.2, 0) is 23.9 Å². The van der Waals surface area contributed by atoms with Gasteiger partial charge in [0.15, 0.2) is 0 Å². The molecule has 1 aromatic rings. The van der Waals surface area contributed by atoms with E-state index in [1.165, 1.54) is 12.0 Å². The van der Waals surface area contributed by atoms with E-state index in [2.05, 4.69) is 28.9 Å². The van der Waals surface area contributed by atoms with Gasteiger partial charge in [0.05, 0.1) is 7.11 Å². The van der Waals surface area contributed by atoms with Gasteiger partial charge in [-0.15, -0.1) is 0 Å². The molecule has 0 aliphatic rings. The molecule has 0 bridgehead atoms. The van der Waals surface area contributed by atoms with Crippen LogP contribution in [0.5, 0.6) is 0 Å². The Morgan fingerprint density at radius 3 is 2.36 bits per heavy atom. The monoisotopic (exact) mass is 503 g/mol. The van der Waals surface area contributed by atoms with Crippen molar-refractivity contribution in [3.8, 4) is 0 Å². The zero-order chi connectivity index (χ0) is 27.1. The zero-order valence-corrected chi connectivity index (χ0v) is 22.2. The van der Waals surface area contributed by atoms with E-state index in [1.807, 2.05) is 6.07 Å². The maximum Gasteiger partial charge on any atom is 0.408 e. The Labute approximate surface area is 214 Å². The molecule has 0 heterocycles. The summed E-state index contributed by atoms with van der Waals surface area (Å²) >= 11 is 0. The highest BCUT2D eigenvalue weighted by atomic mass is 16.6. The zero-order valence-electron chi connectivity index (χ0n) is 22.2. The molecular weight excluding hydrogens is 462 g/mol. The number of nitrogens with one attached hydrogen (secondary N) is 2. The van der Waals surface area contributed by atoms with Gasteiger partial charge in [-0.3, -0.25) is 14.4 Å². The lowest BCUT2D eigenvalue weighted by Crippen LogP contribution is -2.48. The average molecular weight is 504 g/mol. The van der Waals surface area contributed by atoms with E-state index in [4.69, 9.17) is 4.74 Å². The molecule has 9 heteroatoms. The molecule has 1 unspecified atom stereocenters. The molecule has 0 aromatic heterocycles. The van der Waals surface area contributed by atoms with Crippen LogP contribution in [0.2, 0.25) is 0 Å². The molecule has 0 saturated carbocycles. The van der Waals surface area contributed by atoms with Crippen molar-refractivity contribution in [1.29, 1.82) is 0 Å². The number of methoxy groups -OCH3 is 1.